The van der Waals surface area contributed by atoms with Crippen LogP contribution in [0.3, 0.4) is 0 Å². The number of anilines is 1. The Hall–Kier alpha value is -3.68. The maximum Gasteiger partial charge on any atom is 0.328 e. The van der Waals surface area contributed by atoms with E-state index in [0.717, 1.165) is 21.4 Å². The first kappa shape index (κ1) is 18.1. The topological polar surface area (TPSA) is 110 Å². The van der Waals surface area contributed by atoms with Crippen molar-refractivity contribution in [2.45, 2.75) is 19.6 Å². The monoisotopic (exact) mass is 367 g/mol. The molecule has 1 aromatic heterocycles. The van der Waals surface area contributed by atoms with E-state index >= 15 is 0 Å². The summed E-state index contributed by atoms with van der Waals surface area (Å²) in [5.41, 5.74) is -0.683. The Kier molecular flexibility index (Phi) is 5.16. The zero-order valence-corrected chi connectivity index (χ0v) is 14.5. The van der Waals surface area contributed by atoms with Crippen molar-refractivity contribution in [3.05, 3.63) is 75.6 Å². The van der Waals surface area contributed by atoms with Gasteiger partial charge in [0.1, 0.15) is 6.54 Å². The van der Waals surface area contributed by atoms with Crippen LogP contribution in [0.25, 0.3) is 10.8 Å². The summed E-state index contributed by atoms with van der Waals surface area (Å²) in [6, 6.07) is 14.2. The number of esters is 1. The molecule has 2 aromatic carbocycles. The molecule has 0 fully saturated rings. The van der Waals surface area contributed by atoms with Gasteiger partial charge in [0.2, 0.25) is 0 Å². The minimum absolute atomic E-state index is 0.415. The molecule has 138 valence electrons. The van der Waals surface area contributed by atoms with E-state index in [4.69, 9.17) is 4.74 Å². The Morgan fingerprint density at radius 1 is 1.11 bits per heavy atom. The Bertz CT molecular complexity index is 1110. The lowest BCUT2D eigenvalue weighted by Gasteiger charge is -2.15. The van der Waals surface area contributed by atoms with Gasteiger partial charge >= 0.3 is 11.7 Å². The highest BCUT2D eigenvalue weighted by Crippen LogP contribution is 2.23. The maximum absolute atomic E-state index is 12.4. The molecule has 0 aliphatic carbocycles. The van der Waals surface area contributed by atoms with Crippen LogP contribution < -0.4 is 16.6 Å². The fraction of sp³-hybridized carbons (Fsp3) is 0.158. The van der Waals surface area contributed by atoms with Gasteiger partial charge in [-0.05, 0) is 18.4 Å². The number of ether oxygens (including phenoxy) is 1. The molecule has 0 radical (unpaired) electrons. The Labute approximate surface area is 153 Å². The highest BCUT2D eigenvalue weighted by Gasteiger charge is 2.19. The number of fused-ring (bicyclic) bond motifs is 1. The predicted octanol–water partition coefficient (Wildman–Crippen LogP) is 1.26. The third kappa shape index (κ3) is 4.30. The molecule has 1 heterocycles. The van der Waals surface area contributed by atoms with E-state index in [-0.39, 0.29) is 0 Å². The van der Waals surface area contributed by atoms with Gasteiger partial charge in [-0.15, -0.1) is 0 Å². The zero-order valence-electron chi connectivity index (χ0n) is 14.5. The van der Waals surface area contributed by atoms with Gasteiger partial charge in [0.25, 0.3) is 11.5 Å². The number of nitrogens with one attached hydrogen (secondary N) is 2. The lowest BCUT2D eigenvalue weighted by atomic mass is 10.1. The van der Waals surface area contributed by atoms with E-state index in [9.17, 15) is 19.2 Å². The van der Waals surface area contributed by atoms with Crippen LogP contribution in [0.1, 0.15) is 6.92 Å². The lowest BCUT2D eigenvalue weighted by Crippen LogP contribution is -2.34. The molecular weight excluding hydrogens is 350 g/mol. The summed E-state index contributed by atoms with van der Waals surface area (Å²) >= 11 is 0. The van der Waals surface area contributed by atoms with Crippen molar-refractivity contribution in [2.75, 3.05) is 5.32 Å². The summed E-state index contributed by atoms with van der Waals surface area (Å²) in [5.74, 6) is -1.27. The molecule has 8 nitrogen and oxygen atoms in total. The first-order chi connectivity index (χ1) is 12.9. The molecule has 27 heavy (non-hydrogen) atoms. The fourth-order valence-electron chi connectivity index (χ4n) is 2.56. The number of rotatable bonds is 5. The van der Waals surface area contributed by atoms with Crippen molar-refractivity contribution >= 4 is 28.3 Å². The summed E-state index contributed by atoms with van der Waals surface area (Å²) < 4.78 is 6.07. The molecular formula is C19H17N3O5. The van der Waals surface area contributed by atoms with Crippen molar-refractivity contribution in [2.24, 2.45) is 0 Å². The third-order valence-corrected chi connectivity index (χ3v) is 3.92. The van der Waals surface area contributed by atoms with Crippen LogP contribution in [0.15, 0.2) is 64.3 Å². The van der Waals surface area contributed by atoms with Gasteiger partial charge < -0.3 is 10.1 Å². The second-order valence-corrected chi connectivity index (χ2v) is 5.89. The van der Waals surface area contributed by atoms with Gasteiger partial charge in [-0.25, -0.2) is 4.79 Å². The number of aromatic amines is 1. The van der Waals surface area contributed by atoms with E-state index < -0.39 is 35.8 Å². The molecule has 1 atom stereocenters. The van der Waals surface area contributed by atoms with Crippen molar-refractivity contribution < 1.29 is 14.3 Å². The number of nitrogens with zero attached hydrogens (tertiary/aromatic N) is 1. The summed E-state index contributed by atoms with van der Waals surface area (Å²) in [5, 5.41) is 4.58. The number of hydrogen-bond donors (Lipinski definition) is 2. The van der Waals surface area contributed by atoms with Gasteiger partial charge in [0, 0.05) is 23.3 Å². The van der Waals surface area contributed by atoms with Gasteiger partial charge in [-0.2, -0.15) is 0 Å². The number of H-pyrrole nitrogens is 1. The van der Waals surface area contributed by atoms with E-state index in [1.54, 1.807) is 6.07 Å². The van der Waals surface area contributed by atoms with Gasteiger partial charge in [0.15, 0.2) is 6.10 Å². The van der Waals surface area contributed by atoms with Crippen LogP contribution in [0, 0.1) is 0 Å². The molecule has 1 amide bonds. The van der Waals surface area contributed by atoms with Crippen molar-refractivity contribution in [3.63, 3.8) is 0 Å². The smallest absolute Gasteiger partial charge is 0.328 e. The zero-order chi connectivity index (χ0) is 19.4. The molecule has 2 N–H and O–H groups in total. The Morgan fingerprint density at radius 3 is 2.63 bits per heavy atom. The van der Waals surface area contributed by atoms with Crippen molar-refractivity contribution in [3.8, 4) is 0 Å². The van der Waals surface area contributed by atoms with E-state index in [0.29, 0.717) is 5.69 Å². The maximum atomic E-state index is 12.4. The molecule has 8 heteroatoms. The third-order valence-electron chi connectivity index (χ3n) is 3.92. The van der Waals surface area contributed by atoms with Crippen LogP contribution in [0.4, 0.5) is 5.69 Å². The molecule has 3 aromatic rings. The largest absolute Gasteiger partial charge is 0.451 e. The minimum Gasteiger partial charge on any atom is -0.451 e. The summed E-state index contributed by atoms with van der Waals surface area (Å²) in [7, 11) is 0. The van der Waals surface area contributed by atoms with Crippen molar-refractivity contribution in [1.29, 1.82) is 0 Å². The number of carbonyl (C=O) groups excluding carboxylic acids is 2. The van der Waals surface area contributed by atoms with Crippen molar-refractivity contribution in [1.82, 2.24) is 9.55 Å². The first-order valence-electron chi connectivity index (χ1n) is 8.22. The van der Waals surface area contributed by atoms with Crippen LogP contribution in [0.5, 0.6) is 0 Å². The van der Waals surface area contributed by atoms with Crippen LogP contribution >= 0.6 is 0 Å². The molecule has 3 rings (SSSR count). The number of carbonyl (C=O) groups is 2. The second-order valence-electron chi connectivity index (χ2n) is 5.89. The van der Waals surface area contributed by atoms with Gasteiger partial charge in [-0.1, -0.05) is 36.4 Å². The predicted molar refractivity (Wildman–Crippen MR) is 99.5 cm³/mol. The summed E-state index contributed by atoms with van der Waals surface area (Å²) in [6.07, 6.45) is 0.124. The highest BCUT2D eigenvalue weighted by molar-refractivity contribution is 6.03. The molecule has 0 unspecified atom stereocenters. The van der Waals surface area contributed by atoms with E-state index in [2.05, 4.69) is 5.32 Å². The highest BCUT2D eigenvalue weighted by atomic mass is 16.5. The number of aromatic nitrogens is 2. The number of benzene rings is 2. The standard InChI is InChI=1S/C19H17N3O5/c1-12(27-17(24)11-22-10-9-16(23)21-19(22)26)18(25)20-15-8-4-6-13-5-2-3-7-14(13)15/h2-10,12H,11H2,1H3,(H,20,25)(H,21,23,26)/t12-/m0/s1. The van der Waals surface area contributed by atoms with Gasteiger partial charge in [0.05, 0.1) is 0 Å². The first-order valence-corrected chi connectivity index (χ1v) is 8.22. The SMILES string of the molecule is C[C@H](OC(=O)Cn1ccc(=O)[nH]c1=O)C(=O)Nc1cccc2ccccc12. The number of hydrogen-bond acceptors (Lipinski definition) is 5. The Balaban J connectivity index is 1.65. The normalized spacial score (nSPS) is 11.7. The summed E-state index contributed by atoms with van der Waals surface area (Å²) in [4.78, 5) is 49.0. The lowest BCUT2D eigenvalue weighted by molar-refractivity contribution is -0.153. The van der Waals surface area contributed by atoms with E-state index in [1.165, 1.54) is 13.1 Å². The van der Waals surface area contributed by atoms with Crippen LogP contribution in [0.2, 0.25) is 0 Å². The average Bonchev–Trinajstić information content (AvgIpc) is 2.64. The second kappa shape index (κ2) is 7.69. The molecule has 0 aliphatic rings. The average molecular weight is 367 g/mol. The molecule has 0 saturated heterocycles. The Morgan fingerprint density at radius 2 is 1.85 bits per heavy atom. The van der Waals surface area contributed by atoms with Crippen LogP contribution in [-0.2, 0) is 20.9 Å². The number of amides is 1. The fourth-order valence-corrected chi connectivity index (χ4v) is 2.56. The summed E-state index contributed by atoms with van der Waals surface area (Å²) in [6.45, 7) is 1.02. The van der Waals surface area contributed by atoms with Crippen LogP contribution in [-0.4, -0.2) is 27.5 Å². The van der Waals surface area contributed by atoms with Gasteiger partial charge in [-0.3, -0.25) is 23.9 Å². The quantitative estimate of drug-likeness (QED) is 0.660. The minimum atomic E-state index is -1.06. The van der Waals surface area contributed by atoms with E-state index in [1.807, 2.05) is 41.4 Å². The molecule has 0 aliphatic heterocycles. The molecule has 0 saturated carbocycles. The molecule has 0 bridgehead atoms. The molecule has 0 spiro atoms.